The molecule has 4 aliphatic rings. The third-order valence-corrected chi connectivity index (χ3v) is 10.2. The highest BCUT2D eigenvalue weighted by Crippen LogP contribution is 2.66. The topological polar surface area (TPSA) is 34.9 Å². The molecule has 0 aromatic carbocycles. The van der Waals surface area contributed by atoms with E-state index in [1.807, 2.05) is 0 Å². The first-order chi connectivity index (χ1) is 15.1. The molecule has 4 fully saturated rings. The van der Waals surface area contributed by atoms with Crippen LogP contribution >= 0.6 is 0 Å². The van der Waals surface area contributed by atoms with Gasteiger partial charge in [0.15, 0.2) is 11.5 Å². The highest BCUT2D eigenvalue weighted by atomic mass is 19.4. The van der Waals surface area contributed by atoms with Crippen LogP contribution in [0.2, 0.25) is 0 Å². The van der Waals surface area contributed by atoms with E-state index in [2.05, 4.69) is 25.9 Å². The quantitative estimate of drug-likeness (QED) is 0.519. The van der Waals surface area contributed by atoms with Crippen molar-refractivity contribution in [2.24, 2.45) is 52.8 Å². The second kappa shape index (κ2) is 7.87. The molecule has 1 unspecified atom stereocenters. The van der Waals surface area contributed by atoms with E-state index in [9.17, 15) is 18.0 Å². The second-order valence-corrected chi connectivity index (χ2v) is 11.9. The van der Waals surface area contributed by atoms with Gasteiger partial charge in [0.25, 0.3) is 0 Å². The third-order valence-electron chi connectivity index (χ3n) is 10.2. The highest BCUT2D eigenvalue weighted by Gasteiger charge is 2.60. The Hall–Kier alpha value is -1.33. The highest BCUT2D eigenvalue weighted by molar-refractivity contribution is 5.82. The van der Waals surface area contributed by atoms with Gasteiger partial charge < -0.3 is 0 Å². The third kappa shape index (κ3) is 3.64. The van der Waals surface area contributed by atoms with Crippen molar-refractivity contribution in [2.45, 2.75) is 84.9 Å². The number of carbonyl (C=O) groups is 1. The molecule has 1 heterocycles. The molecule has 9 atom stereocenters. The Morgan fingerprint density at radius 1 is 1.09 bits per heavy atom. The molecule has 0 radical (unpaired) electrons. The number of carbonyl (C=O) groups excluding carboxylic acids is 1. The van der Waals surface area contributed by atoms with Crippen LogP contribution in [0.3, 0.4) is 0 Å². The van der Waals surface area contributed by atoms with Crippen molar-refractivity contribution < 1.29 is 18.0 Å². The Bertz CT molecular complexity index is 863. The summed E-state index contributed by atoms with van der Waals surface area (Å²) in [5.74, 6) is 5.26. The zero-order valence-electron chi connectivity index (χ0n) is 19.6. The summed E-state index contributed by atoms with van der Waals surface area (Å²) in [6.45, 7) is 7.00. The molecular weight excluding hydrogens is 413 g/mol. The second-order valence-electron chi connectivity index (χ2n) is 11.9. The Morgan fingerprint density at radius 3 is 2.56 bits per heavy atom. The molecule has 4 aliphatic carbocycles. The summed E-state index contributed by atoms with van der Waals surface area (Å²) in [6.07, 6.45) is 6.82. The lowest BCUT2D eigenvalue weighted by atomic mass is 9.48. The lowest BCUT2D eigenvalue weighted by molar-refractivity contribution is -0.142. The number of aromatic nitrogens is 2. The first kappa shape index (κ1) is 22.5. The van der Waals surface area contributed by atoms with E-state index in [0.29, 0.717) is 11.8 Å². The summed E-state index contributed by atoms with van der Waals surface area (Å²) in [6, 6.07) is 0.962. The molecule has 5 rings (SSSR count). The number of alkyl halides is 3. The normalized spacial score (nSPS) is 43.9. The Morgan fingerprint density at radius 2 is 1.84 bits per heavy atom. The van der Waals surface area contributed by atoms with Gasteiger partial charge >= 0.3 is 6.18 Å². The molecule has 0 saturated heterocycles. The van der Waals surface area contributed by atoms with Gasteiger partial charge in [-0.25, -0.2) is 0 Å². The molecule has 0 N–H and O–H groups in total. The molecule has 1 aromatic heterocycles. The number of fused-ring (bicyclic) bond motifs is 5. The summed E-state index contributed by atoms with van der Waals surface area (Å²) in [5.41, 5.74) is -0.944. The van der Waals surface area contributed by atoms with Crippen molar-refractivity contribution in [3.05, 3.63) is 18.0 Å². The van der Waals surface area contributed by atoms with Crippen LogP contribution < -0.4 is 0 Å². The van der Waals surface area contributed by atoms with Crippen molar-refractivity contribution >= 4 is 5.78 Å². The van der Waals surface area contributed by atoms with Gasteiger partial charge in [-0.3, -0.25) is 9.48 Å². The largest absolute Gasteiger partial charge is 0.435 e. The van der Waals surface area contributed by atoms with E-state index in [1.165, 1.54) is 49.4 Å². The SMILES string of the molecule is C[C@H]1CC[C@H]2[C@H](CC[C@H]3C4[C@H](C)C[C@H](C(=O)Cn5ccc(C(F)(F)F)n5)[C@@]4(C)CC[C@H]23)C1. The lowest BCUT2D eigenvalue weighted by Crippen LogP contribution is -2.50. The summed E-state index contributed by atoms with van der Waals surface area (Å²) in [4.78, 5) is 13.4. The standard InChI is InChI=1S/C26H37F3N2O/c1-15-4-6-18-17(12-15)5-7-20-19(18)8-10-25(3)21(13-16(2)24(20)25)22(32)14-31-11-9-23(30-31)26(27,28)29/h9,11,15-21,24H,4-8,10,12-14H2,1-3H3/t15-,16+,17+,18-,19+,20+,21+,24?,25+/m0/s1. The minimum absolute atomic E-state index is 0.0214. The maximum absolute atomic E-state index is 13.4. The molecule has 0 aliphatic heterocycles. The van der Waals surface area contributed by atoms with Crippen LogP contribution in [0.1, 0.15) is 77.8 Å². The molecule has 3 nitrogen and oxygen atoms in total. The number of rotatable bonds is 3. The van der Waals surface area contributed by atoms with E-state index in [-0.39, 0.29) is 23.7 Å². The van der Waals surface area contributed by atoms with Gasteiger partial charge in [-0.05, 0) is 97.9 Å². The molecule has 0 bridgehead atoms. The van der Waals surface area contributed by atoms with E-state index < -0.39 is 11.9 Å². The molecule has 178 valence electrons. The van der Waals surface area contributed by atoms with Crippen molar-refractivity contribution in [1.82, 2.24) is 9.78 Å². The molecule has 1 aromatic rings. The van der Waals surface area contributed by atoms with Gasteiger partial charge in [0, 0.05) is 12.1 Å². The van der Waals surface area contributed by atoms with Crippen LogP contribution in [-0.2, 0) is 17.5 Å². The number of Topliss-reactive ketones (excluding diaryl/α,β-unsaturated/α-hetero) is 1. The Balaban J connectivity index is 1.33. The predicted octanol–water partition coefficient (Wildman–Crippen LogP) is 6.62. The predicted molar refractivity (Wildman–Crippen MR) is 117 cm³/mol. The molecule has 6 heteroatoms. The van der Waals surface area contributed by atoms with Gasteiger partial charge in [0.05, 0.1) is 6.54 Å². The summed E-state index contributed by atoms with van der Waals surface area (Å²) in [5, 5.41) is 3.63. The molecular formula is C26H37F3N2O. The van der Waals surface area contributed by atoms with Crippen molar-refractivity contribution in [3.63, 3.8) is 0 Å². The van der Waals surface area contributed by atoms with E-state index in [0.717, 1.165) is 48.5 Å². The Kier molecular flexibility index (Phi) is 5.52. The zero-order valence-corrected chi connectivity index (χ0v) is 19.6. The molecule has 0 amide bonds. The average molecular weight is 451 g/mol. The van der Waals surface area contributed by atoms with Gasteiger partial charge in [-0.2, -0.15) is 18.3 Å². The number of halogens is 3. The van der Waals surface area contributed by atoms with Crippen LogP contribution in [0.15, 0.2) is 12.3 Å². The van der Waals surface area contributed by atoms with Crippen molar-refractivity contribution in [3.8, 4) is 0 Å². The monoisotopic (exact) mass is 450 g/mol. The smallest absolute Gasteiger partial charge is 0.297 e. The van der Waals surface area contributed by atoms with Crippen molar-refractivity contribution in [1.29, 1.82) is 0 Å². The Labute approximate surface area is 189 Å². The summed E-state index contributed by atoms with van der Waals surface area (Å²) in [7, 11) is 0. The van der Waals surface area contributed by atoms with Crippen LogP contribution in [0.25, 0.3) is 0 Å². The van der Waals surface area contributed by atoms with E-state index in [4.69, 9.17) is 0 Å². The van der Waals surface area contributed by atoms with Gasteiger partial charge in [-0.1, -0.05) is 27.2 Å². The van der Waals surface area contributed by atoms with Crippen LogP contribution in [-0.4, -0.2) is 15.6 Å². The zero-order chi connectivity index (χ0) is 22.8. The van der Waals surface area contributed by atoms with Crippen LogP contribution in [0, 0.1) is 52.8 Å². The number of hydrogen-bond donors (Lipinski definition) is 0. The fraction of sp³-hybridized carbons (Fsp3) is 0.846. The first-order valence-electron chi connectivity index (χ1n) is 12.7. The van der Waals surface area contributed by atoms with Crippen LogP contribution in [0.4, 0.5) is 13.2 Å². The maximum atomic E-state index is 13.4. The average Bonchev–Trinajstić information content (AvgIpc) is 3.29. The first-order valence-corrected chi connectivity index (χ1v) is 12.7. The summed E-state index contributed by atoms with van der Waals surface area (Å²) < 4.78 is 39.9. The maximum Gasteiger partial charge on any atom is 0.435 e. The lowest BCUT2D eigenvalue weighted by Gasteiger charge is -2.56. The minimum Gasteiger partial charge on any atom is -0.297 e. The summed E-state index contributed by atoms with van der Waals surface area (Å²) >= 11 is 0. The van der Waals surface area contributed by atoms with Gasteiger partial charge in [-0.15, -0.1) is 0 Å². The van der Waals surface area contributed by atoms with Crippen molar-refractivity contribution in [2.75, 3.05) is 0 Å². The van der Waals surface area contributed by atoms with Gasteiger partial charge in [0.1, 0.15) is 0 Å². The van der Waals surface area contributed by atoms with E-state index in [1.54, 1.807) is 0 Å². The van der Waals surface area contributed by atoms with Gasteiger partial charge in [0.2, 0.25) is 0 Å². The van der Waals surface area contributed by atoms with E-state index >= 15 is 0 Å². The molecule has 0 spiro atoms. The number of hydrogen-bond acceptors (Lipinski definition) is 2. The fourth-order valence-electron chi connectivity index (χ4n) is 9.00. The fourth-order valence-corrected chi connectivity index (χ4v) is 9.00. The number of ketones is 1. The molecule has 32 heavy (non-hydrogen) atoms. The minimum atomic E-state index is -4.47. The molecule has 4 saturated carbocycles. The number of nitrogens with zero attached hydrogens (tertiary/aromatic N) is 2. The van der Waals surface area contributed by atoms with Crippen LogP contribution in [0.5, 0.6) is 0 Å².